The summed E-state index contributed by atoms with van der Waals surface area (Å²) in [5.74, 6) is 0.876. The molecule has 0 saturated heterocycles. The van der Waals surface area contributed by atoms with Crippen LogP contribution in [0.2, 0.25) is 0 Å². The molecule has 3 heteroatoms. The van der Waals surface area contributed by atoms with Crippen molar-refractivity contribution >= 4 is 21.7 Å². The van der Waals surface area contributed by atoms with E-state index in [1.165, 1.54) is 0 Å². The van der Waals surface area contributed by atoms with Crippen LogP contribution in [0.4, 0.5) is 0 Å². The van der Waals surface area contributed by atoms with E-state index in [0.29, 0.717) is 12.2 Å². The molecule has 0 atom stereocenters. The van der Waals surface area contributed by atoms with Crippen LogP contribution in [0.1, 0.15) is 28.4 Å². The largest absolute Gasteiger partial charge is 0.489 e. The third kappa shape index (κ3) is 3.44. The first kappa shape index (κ1) is 13.8. The molecule has 0 aliphatic heterocycles. The molecule has 0 aliphatic carbocycles. The number of aryl methyl sites for hydroxylation is 1. The van der Waals surface area contributed by atoms with Crippen LogP contribution in [0.25, 0.3) is 0 Å². The molecule has 2 nitrogen and oxygen atoms in total. The van der Waals surface area contributed by atoms with Gasteiger partial charge in [-0.25, -0.2) is 0 Å². The van der Waals surface area contributed by atoms with Gasteiger partial charge in [-0.2, -0.15) is 0 Å². The summed E-state index contributed by atoms with van der Waals surface area (Å²) in [6.07, 6.45) is 0. The lowest BCUT2D eigenvalue weighted by Crippen LogP contribution is -1.99. The first-order chi connectivity index (χ1) is 9.08. The highest BCUT2D eigenvalue weighted by atomic mass is 79.9. The molecule has 0 aromatic heterocycles. The number of hydrogen-bond donors (Lipinski definition) is 0. The van der Waals surface area contributed by atoms with Crippen molar-refractivity contribution in [3.63, 3.8) is 0 Å². The molecule has 19 heavy (non-hydrogen) atoms. The van der Waals surface area contributed by atoms with Gasteiger partial charge in [0.05, 0.1) is 0 Å². The summed E-state index contributed by atoms with van der Waals surface area (Å²) < 4.78 is 6.83. The lowest BCUT2D eigenvalue weighted by molar-refractivity contribution is 0.101. The van der Waals surface area contributed by atoms with Crippen LogP contribution in [0, 0.1) is 6.92 Å². The fourth-order valence-corrected chi connectivity index (χ4v) is 2.20. The normalized spacial score (nSPS) is 10.3. The highest BCUT2D eigenvalue weighted by molar-refractivity contribution is 9.10. The van der Waals surface area contributed by atoms with Gasteiger partial charge in [-0.1, -0.05) is 34.1 Å². The number of carbonyl (C=O) groups is 1. The van der Waals surface area contributed by atoms with Gasteiger partial charge in [0.1, 0.15) is 12.4 Å². The molecule has 0 N–H and O–H groups in total. The van der Waals surface area contributed by atoms with E-state index in [1.807, 2.05) is 43.3 Å². The fourth-order valence-electron chi connectivity index (χ4n) is 1.80. The Hall–Kier alpha value is -1.61. The molecule has 0 amide bonds. The van der Waals surface area contributed by atoms with Crippen molar-refractivity contribution < 1.29 is 9.53 Å². The molecule has 2 rings (SSSR count). The second-order valence-corrected chi connectivity index (χ2v) is 5.27. The molecule has 2 aromatic rings. The molecular formula is C16H15BrO2. The minimum absolute atomic E-state index is 0.0699. The van der Waals surface area contributed by atoms with Crippen LogP contribution in [-0.2, 0) is 6.61 Å². The zero-order chi connectivity index (χ0) is 13.8. The molecule has 2 aromatic carbocycles. The number of halogens is 1. The van der Waals surface area contributed by atoms with Crippen molar-refractivity contribution in [2.24, 2.45) is 0 Å². The van der Waals surface area contributed by atoms with E-state index < -0.39 is 0 Å². The lowest BCUT2D eigenvalue weighted by Gasteiger charge is -2.11. The number of hydrogen-bond acceptors (Lipinski definition) is 2. The van der Waals surface area contributed by atoms with Crippen molar-refractivity contribution in [1.29, 1.82) is 0 Å². The van der Waals surface area contributed by atoms with Crippen molar-refractivity contribution in [1.82, 2.24) is 0 Å². The third-order valence-corrected chi connectivity index (χ3v) is 3.70. The van der Waals surface area contributed by atoms with Gasteiger partial charge in [0.15, 0.2) is 5.78 Å². The van der Waals surface area contributed by atoms with Crippen LogP contribution in [0.15, 0.2) is 46.9 Å². The summed E-state index contributed by atoms with van der Waals surface area (Å²) in [6, 6.07) is 13.5. The minimum Gasteiger partial charge on any atom is -0.489 e. The van der Waals surface area contributed by atoms with Crippen molar-refractivity contribution in [2.75, 3.05) is 0 Å². The Balaban J connectivity index is 2.12. The summed E-state index contributed by atoms with van der Waals surface area (Å²) >= 11 is 3.49. The smallest absolute Gasteiger partial charge is 0.159 e. The molecule has 0 radical (unpaired) electrons. The van der Waals surface area contributed by atoms with Gasteiger partial charge >= 0.3 is 0 Å². The summed E-state index contributed by atoms with van der Waals surface area (Å²) in [4.78, 5) is 11.3. The molecule has 0 saturated carbocycles. The van der Waals surface area contributed by atoms with Gasteiger partial charge < -0.3 is 4.74 Å². The maximum Gasteiger partial charge on any atom is 0.159 e. The maximum atomic E-state index is 11.3. The van der Waals surface area contributed by atoms with Gasteiger partial charge in [-0.3, -0.25) is 4.79 Å². The molecule has 0 fully saturated rings. The van der Waals surface area contributed by atoms with Gasteiger partial charge in [0.2, 0.25) is 0 Å². The standard InChI is InChI=1S/C16H15BrO2/c1-11-9-13(12(2)18)7-8-16(11)19-10-14-5-3-4-6-15(14)17/h3-9H,10H2,1-2H3. The molecule has 0 bridgehead atoms. The Morgan fingerprint density at radius 2 is 1.95 bits per heavy atom. The molecule has 0 spiro atoms. The Kier molecular flexibility index (Phi) is 4.38. The fraction of sp³-hybridized carbons (Fsp3) is 0.188. The maximum absolute atomic E-state index is 11.3. The van der Waals surface area contributed by atoms with E-state index in [0.717, 1.165) is 21.3 Å². The van der Waals surface area contributed by atoms with Gasteiger partial charge in [0, 0.05) is 15.6 Å². The van der Waals surface area contributed by atoms with Gasteiger partial charge in [-0.15, -0.1) is 0 Å². The second-order valence-electron chi connectivity index (χ2n) is 4.42. The van der Waals surface area contributed by atoms with E-state index in [4.69, 9.17) is 4.74 Å². The number of Topliss-reactive ketones (excluding diaryl/α,β-unsaturated/α-hetero) is 1. The van der Waals surface area contributed by atoms with Crippen LogP contribution in [0.5, 0.6) is 5.75 Å². The van der Waals surface area contributed by atoms with Crippen molar-refractivity contribution in [2.45, 2.75) is 20.5 Å². The average Bonchev–Trinajstić information content (AvgIpc) is 2.39. The van der Waals surface area contributed by atoms with E-state index in [-0.39, 0.29) is 5.78 Å². The van der Waals surface area contributed by atoms with Crippen LogP contribution in [0.3, 0.4) is 0 Å². The number of rotatable bonds is 4. The number of ether oxygens (including phenoxy) is 1. The molecule has 98 valence electrons. The molecule has 0 heterocycles. The third-order valence-electron chi connectivity index (χ3n) is 2.92. The topological polar surface area (TPSA) is 26.3 Å². The quantitative estimate of drug-likeness (QED) is 0.774. The SMILES string of the molecule is CC(=O)c1ccc(OCc2ccccc2Br)c(C)c1. The van der Waals surface area contributed by atoms with Crippen LogP contribution >= 0.6 is 15.9 Å². The van der Waals surface area contributed by atoms with Crippen LogP contribution < -0.4 is 4.74 Å². The predicted molar refractivity (Wildman–Crippen MR) is 79.7 cm³/mol. The average molecular weight is 319 g/mol. The summed E-state index contributed by atoms with van der Waals surface area (Å²) in [6.45, 7) is 4.01. The Labute approximate surface area is 121 Å². The highest BCUT2D eigenvalue weighted by Crippen LogP contribution is 2.23. The van der Waals surface area contributed by atoms with Gasteiger partial charge in [0.25, 0.3) is 0 Å². The molecular weight excluding hydrogens is 304 g/mol. The number of carbonyl (C=O) groups excluding carboxylic acids is 1. The van der Waals surface area contributed by atoms with Crippen LogP contribution in [-0.4, -0.2) is 5.78 Å². The zero-order valence-electron chi connectivity index (χ0n) is 10.9. The summed E-state index contributed by atoms with van der Waals surface area (Å²) in [5.41, 5.74) is 2.78. The first-order valence-corrected chi connectivity index (χ1v) is 6.85. The Bertz CT molecular complexity index is 605. The predicted octanol–water partition coefficient (Wildman–Crippen LogP) is 4.54. The van der Waals surface area contributed by atoms with E-state index in [2.05, 4.69) is 15.9 Å². The summed E-state index contributed by atoms with van der Waals surface area (Å²) in [5, 5.41) is 0. The van der Waals surface area contributed by atoms with E-state index in [9.17, 15) is 4.79 Å². The second kappa shape index (κ2) is 6.02. The number of benzene rings is 2. The number of ketones is 1. The van der Waals surface area contributed by atoms with Gasteiger partial charge in [-0.05, 0) is 43.7 Å². The molecule has 0 unspecified atom stereocenters. The van der Waals surface area contributed by atoms with E-state index in [1.54, 1.807) is 13.0 Å². The highest BCUT2D eigenvalue weighted by Gasteiger charge is 2.05. The Morgan fingerprint density at radius 1 is 1.21 bits per heavy atom. The first-order valence-electron chi connectivity index (χ1n) is 6.05. The minimum atomic E-state index is 0.0699. The monoisotopic (exact) mass is 318 g/mol. The lowest BCUT2D eigenvalue weighted by atomic mass is 10.1. The van der Waals surface area contributed by atoms with E-state index >= 15 is 0 Å². The van der Waals surface area contributed by atoms with Crippen molar-refractivity contribution in [3.8, 4) is 5.75 Å². The summed E-state index contributed by atoms with van der Waals surface area (Å²) in [7, 11) is 0. The Morgan fingerprint density at radius 3 is 2.58 bits per heavy atom. The van der Waals surface area contributed by atoms with Crippen molar-refractivity contribution in [3.05, 3.63) is 63.6 Å². The molecule has 0 aliphatic rings. The zero-order valence-corrected chi connectivity index (χ0v) is 12.5.